The van der Waals surface area contributed by atoms with E-state index in [9.17, 15) is 13.0 Å². The van der Waals surface area contributed by atoms with Gasteiger partial charge in [0, 0.05) is 12.4 Å². The van der Waals surface area contributed by atoms with Crippen molar-refractivity contribution in [1.29, 1.82) is 0 Å². The van der Waals surface area contributed by atoms with E-state index in [1.165, 1.54) is 18.5 Å². The van der Waals surface area contributed by atoms with Gasteiger partial charge in [0.2, 0.25) is 15.0 Å². The molecule has 0 saturated heterocycles. The first-order valence-electron chi connectivity index (χ1n) is 5.31. The molecule has 1 aromatic rings. The number of aromatic nitrogens is 2. The molecule has 0 fully saturated rings. The summed E-state index contributed by atoms with van der Waals surface area (Å²) >= 11 is 0. The third-order valence-electron chi connectivity index (χ3n) is 1.80. The van der Waals surface area contributed by atoms with Crippen molar-refractivity contribution < 1.29 is 22.0 Å². The number of rotatable bonds is 7. The lowest BCUT2D eigenvalue weighted by Gasteiger charge is -2.16. The SMILES string of the molecule is CCOP(=O)(CS(=O)(=O)c1ncccn1)OCC. The van der Waals surface area contributed by atoms with Crippen LogP contribution in [0, 0.1) is 0 Å². The van der Waals surface area contributed by atoms with Crippen molar-refractivity contribution in [3.05, 3.63) is 18.5 Å². The second kappa shape index (κ2) is 6.38. The van der Waals surface area contributed by atoms with Crippen LogP contribution >= 0.6 is 7.60 Å². The fourth-order valence-corrected chi connectivity index (χ4v) is 5.24. The Morgan fingerprint density at radius 3 is 2.11 bits per heavy atom. The quantitative estimate of drug-likeness (QED) is 0.555. The molecule has 0 aliphatic rings. The van der Waals surface area contributed by atoms with Crippen LogP contribution in [-0.2, 0) is 23.4 Å². The molecule has 1 rings (SSSR count). The Bertz CT molecular complexity index is 509. The van der Waals surface area contributed by atoms with E-state index in [1.807, 2.05) is 0 Å². The Morgan fingerprint density at radius 1 is 1.17 bits per heavy atom. The van der Waals surface area contributed by atoms with Crippen molar-refractivity contribution in [3.63, 3.8) is 0 Å². The van der Waals surface area contributed by atoms with Crippen molar-refractivity contribution in [2.24, 2.45) is 0 Å². The summed E-state index contributed by atoms with van der Waals surface area (Å²) in [5, 5.41) is -0.385. The Kier molecular flexibility index (Phi) is 5.40. The van der Waals surface area contributed by atoms with E-state index in [1.54, 1.807) is 13.8 Å². The average Bonchev–Trinajstić information content (AvgIpc) is 2.29. The lowest BCUT2D eigenvalue weighted by molar-refractivity contribution is 0.223. The number of nitrogens with zero attached hydrogens (tertiary/aromatic N) is 2. The maximum atomic E-state index is 12.1. The zero-order valence-electron chi connectivity index (χ0n) is 10.1. The Balaban J connectivity index is 2.97. The van der Waals surface area contributed by atoms with Crippen molar-refractivity contribution in [3.8, 4) is 0 Å². The van der Waals surface area contributed by atoms with E-state index in [0.29, 0.717) is 0 Å². The standard InChI is InChI=1S/C9H15N2O5PS/c1-3-15-17(12,16-4-2)8-18(13,14)9-10-6-5-7-11-9/h5-7H,3-4,8H2,1-2H3. The predicted molar refractivity (Wildman–Crippen MR) is 64.9 cm³/mol. The van der Waals surface area contributed by atoms with E-state index in [4.69, 9.17) is 9.05 Å². The van der Waals surface area contributed by atoms with Gasteiger partial charge in [0.05, 0.1) is 13.2 Å². The van der Waals surface area contributed by atoms with Crippen LogP contribution in [0.15, 0.2) is 23.6 Å². The van der Waals surface area contributed by atoms with Crippen LogP contribution in [0.4, 0.5) is 0 Å². The van der Waals surface area contributed by atoms with Gasteiger partial charge in [0.25, 0.3) is 0 Å². The molecule has 0 saturated carbocycles. The Hall–Kier alpha value is -0.820. The van der Waals surface area contributed by atoms with Gasteiger partial charge < -0.3 is 9.05 Å². The molecule has 0 N–H and O–H groups in total. The smallest absolute Gasteiger partial charge is 0.308 e. The number of hydrogen-bond acceptors (Lipinski definition) is 7. The third kappa shape index (κ3) is 4.13. The minimum Gasteiger partial charge on any atom is -0.308 e. The van der Waals surface area contributed by atoms with Crippen molar-refractivity contribution in [1.82, 2.24) is 9.97 Å². The molecule has 0 aromatic carbocycles. The summed E-state index contributed by atoms with van der Waals surface area (Å²) < 4.78 is 45.9. The molecule has 0 amide bonds. The fraction of sp³-hybridized carbons (Fsp3) is 0.556. The monoisotopic (exact) mass is 294 g/mol. The highest BCUT2D eigenvalue weighted by atomic mass is 32.2. The van der Waals surface area contributed by atoms with Gasteiger partial charge in [0.1, 0.15) is 0 Å². The molecular weight excluding hydrogens is 279 g/mol. The zero-order chi connectivity index (χ0) is 13.6. The van der Waals surface area contributed by atoms with Crippen molar-refractivity contribution in [2.45, 2.75) is 19.0 Å². The first-order chi connectivity index (χ1) is 8.43. The topological polar surface area (TPSA) is 95.5 Å². The molecule has 1 heterocycles. The van der Waals surface area contributed by atoms with E-state index < -0.39 is 22.9 Å². The van der Waals surface area contributed by atoms with Crippen LogP contribution in [-0.4, -0.2) is 37.1 Å². The van der Waals surface area contributed by atoms with Gasteiger partial charge >= 0.3 is 7.60 Å². The first-order valence-corrected chi connectivity index (χ1v) is 8.69. The second-order valence-electron chi connectivity index (χ2n) is 3.22. The molecule has 1 aromatic heterocycles. The lowest BCUT2D eigenvalue weighted by atomic mass is 10.7. The summed E-state index contributed by atoms with van der Waals surface area (Å²) in [5.41, 5.74) is -0.758. The van der Waals surface area contributed by atoms with Crippen molar-refractivity contribution in [2.75, 3.05) is 18.7 Å². The largest absolute Gasteiger partial charge is 0.346 e. The summed E-state index contributed by atoms with van der Waals surface area (Å²) in [4.78, 5) is 7.25. The van der Waals surface area contributed by atoms with E-state index in [-0.39, 0.29) is 18.4 Å². The van der Waals surface area contributed by atoms with Gasteiger partial charge in [-0.05, 0) is 19.9 Å². The Morgan fingerprint density at radius 2 is 1.67 bits per heavy atom. The molecule has 0 aliphatic heterocycles. The normalized spacial score (nSPS) is 12.6. The fourth-order valence-electron chi connectivity index (χ4n) is 1.22. The predicted octanol–water partition coefficient (Wildman–Crippen LogP) is 1.47. The highest BCUT2D eigenvalue weighted by Crippen LogP contribution is 2.49. The molecule has 9 heteroatoms. The van der Waals surface area contributed by atoms with Crippen LogP contribution in [0.1, 0.15) is 13.8 Å². The molecule has 0 unspecified atom stereocenters. The number of sulfone groups is 1. The van der Waals surface area contributed by atoms with Gasteiger partial charge in [-0.3, -0.25) is 4.57 Å². The van der Waals surface area contributed by atoms with Crippen LogP contribution in [0.25, 0.3) is 0 Å². The summed E-state index contributed by atoms with van der Waals surface area (Å²) in [7, 11) is -7.57. The molecule has 18 heavy (non-hydrogen) atoms. The molecule has 0 spiro atoms. The van der Waals surface area contributed by atoms with E-state index >= 15 is 0 Å². The summed E-state index contributed by atoms with van der Waals surface area (Å²) in [6.45, 7) is 3.42. The Labute approximate surface area is 106 Å². The maximum Gasteiger partial charge on any atom is 0.346 e. The van der Waals surface area contributed by atoms with E-state index in [0.717, 1.165) is 0 Å². The molecule has 0 aliphatic carbocycles. The summed E-state index contributed by atoms with van der Waals surface area (Å²) in [6, 6.07) is 1.49. The van der Waals surface area contributed by atoms with Gasteiger partial charge in [-0.25, -0.2) is 18.4 Å². The number of hydrogen-bond donors (Lipinski definition) is 0. The van der Waals surface area contributed by atoms with Crippen molar-refractivity contribution >= 4 is 17.4 Å². The van der Waals surface area contributed by atoms with Crippen LogP contribution in [0.5, 0.6) is 0 Å². The molecule has 0 atom stereocenters. The summed E-state index contributed by atoms with van der Waals surface area (Å²) in [6.07, 6.45) is 2.60. The molecule has 0 radical (unpaired) electrons. The van der Waals surface area contributed by atoms with Gasteiger partial charge in [-0.1, -0.05) is 0 Å². The molecule has 7 nitrogen and oxygen atoms in total. The average molecular weight is 294 g/mol. The molecular formula is C9H15N2O5PS. The summed E-state index contributed by atoms with van der Waals surface area (Å²) in [5.74, 6) is 0. The zero-order valence-corrected chi connectivity index (χ0v) is 11.9. The highest BCUT2D eigenvalue weighted by Gasteiger charge is 2.34. The maximum absolute atomic E-state index is 12.1. The third-order valence-corrected chi connectivity index (χ3v) is 6.49. The minimum absolute atomic E-state index is 0.0996. The van der Waals surface area contributed by atoms with Crippen LogP contribution < -0.4 is 0 Å². The van der Waals surface area contributed by atoms with Gasteiger partial charge in [-0.15, -0.1) is 0 Å². The second-order valence-corrected chi connectivity index (χ2v) is 7.59. The van der Waals surface area contributed by atoms with Gasteiger partial charge in [-0.2, -0.15) is 0 Å². The highest BCUT2D eigenvalue weighted by molar-refractivity contribution is 7.97. The first kappa shape index (κ1) is 15.2. The van der Waals surface area contributed by atoms with Crippen LogP contribution in [0.3, 0.4) is 0 Å². The minimum atomic E-state index is -3.90. The lowest BCUT2D eigenvalue weighted by Crippen LogP contribution is -2.13. The van der Waals surface area contributed by atoms with E-state index in [2.05, 4.69) is 9.97 Å². The molecule has 0 bridgehead atoms. The van der Waals surface area contributed by atoms with Gasteiger partial charge in [0.15, 0.2) is 5.49 Å². The van der Waals surface area contributed by atoms with Crippen LogP contribution in [0.2, 0.25) is 0 Å². The molecule has 102 valence electrons.